The maximum atomic E-state index is 13.0. The summed E-state index contributed by atoms with van der Waals surface area (Å²) in [7, 11) is 0. The molecule has 1 aliphatic heterocycles. The molecule has 0 aromatic heterocycles. The van der Waals surface area contributed by atoms with Crippen molar-refractivity contribution >= 4 is 5.97 Å². The van der Waals surface area contributed by atoms with Crippen molar-refractivity contribution < 1.29 is 37.3 Å². The van der Waals surface area contributed by atoms with Gasteiger partial charge in [0.15, 0.2) is 6.61 Å². The van der Waals surface area contributed by atoms with Crippen LogP contribution in [-0.4, -0.2) is 48.9 Å². The first-order chi connectivity index (χ1) is 17.7. The molecule has 0 saturated carbocycles. The number of benzene rings is 3. The number of aryl methyl sites for hydroxylation is 1. The fraction of sp³-hybridized carbons (Fsp3) is 0.321. The largest absolute Gasteiger partial charge is 0.489 e. The molecule has 196 valence electrons. The fourth-order valence-electron chi connectivity index (χ4n) is 4.15. The Morgan fingerprint density at radius 1 is 0.946 bits per heavy atom. The number of carboxylic acid groups (broad SMARTS) is 1. The van der Waals surface area contributed by atoms with Crippen LogP contribution in [0.25, 0.3) is 11.1 Å². The van der Waals surface area contributed by atoms with Crippen LogP contribution in [0.3, 0.4) is 0 Å². The van der Waals surface area contributed by atoms with Gasteiger partial charge >= 0.3 is 12.1 Å². The van der Waals surface area contributed by atoms with Crippen molar-refractivity contribution in [1.82, 2.24) is 4.90 Å². The van der Waals surface area contributed by atoms with Gasteiger partial charge in [0.2, 0.25) is 0 Å². The van der Waals surface area contributed by atoms with E-state index in [1.54, 1.807) is 25.1 Å². The van der Waals surface area contributed by atoms with Crippen molar-refractivity contribution in [3.05, 3.63) is 82.9 Å². The van der Waals surface area contributed by atoms with Crippen molar-refractivity contribution in [3.8, 4) is 22.6 Å². The summed E-state index contributed by atoms with van der Waals surface area (Å²) in [6, 6.07) is 16.3. The van der Waals surface area contributed by atoms with Gasteiger partial charge in [-0.2, -0.15) is 13.2 Å². The Morgan fingerprint density at radius 2 is 1.65 bits per heavy atom. The molecule has 0 spiro atoms. The molecule has 0 atom stereocenters. The molecule has 0 unspecified atom stereocenters. The van der Waals surface area contributed by atoms with E-state index in [1.165, 1.54) is 12.1 Å². The molecule has 3 aromatic rings. The second-order valence-corrected chi connectivity index (χ2v) is 8.90. The standard InChI is InChI=1S/C28H28F3NO5/c1-19-12-25(6-7-26(19)37-18-27(33)34)36-17-21-13-20(16-32-8-10-35-11-9-32)14-23(15-21)22-2-4-24(5-3-22)28(29,30)31/h2-7,12-15H,8-11,16-18H2,1H3,(H,33,34). The number of hydrogen-bond acceptors (Lipinski definition) is 5. The number of carboxylic acids is 1. The zero-order valence-corrected chi connectivity index (χ0v) is 20.4. The van der Waals surface area contributed by atoms with Crippen LogP contribution in [0.5, 0.6) is 11.5 Å². The number of alkyl halides is 3. The maximum Gasteiger partial charge on any atom is 0.416 e. The van der Waals surface area contributed by atoms with Gasteiger partial charge in [-0.25, -0.2) is 4.79 Å². The third-order valence-corrected chi connectivity index (χ3v) is 6.01. The Bertz CT molecular complexity index is 1220. The fourth-order valence-corrected chi connectivity index (χ4v) is 4.15. The molecule has 1 aliphatic rings. The normalized spacial score (nSPS) is 14.4. The molecule has 0 amide bonds. The smallest absolute Gasteiger partial charge is 0.416 e. The van der Waals surface area contributed by atoms with Crippen LogP contribution >= 0.6 is 0 Å². The minimum Gasteiger partial charge on any atom is -0.489 e. The summed E-state index contributed by atoms with van der Waals surface area (Å²) in [4.78, 5) is 13.0. The summed E-state index contributed by atoms with van der Waals surface area (Å²) < 4.78 is 55.8. The van der Waals surface area contributed by atoms with Crippen LogP contribution in [0.1, 0.15) is 22.3 Å². The number of ether oxygens (including phenoxy) is 3. The number of nitrogens with zero attached hydrogens (tertiary/aromatic N) is 1. The molecule has 4 rings (SSSR count). The van der Waals surface area contributed by atoms with Gasteiger partial charge < -0.3 is 19.3 Å². The monoisotopic (exact) mass is 515 g/mol. The highest BCUT2D eigenvalue weighted by molar-refractivity contribution is 5.68. The van der Waals surface area contributed by atoms with Gasteiger partial charge in [0.05, 0.1) is 18.8 Å². The number of rotatable bonds is 9. The van der Waals surface area contributed by atoms with Gasteiger partial charge in [-0.3, -0.25) is 4.90 Å². The van der Waals surface area contributed by atoms with E-state index in [0.717, 1.165) is 47.5 Å². The molecule has 1 N–H and O–H groups in total. The van der Waals surface area contributed by atoms with Crippen molar-refractivity contribution in [2.45, 2.75) is 26.3 Å². The highest BCUT2D eigenvalue weighted by atomic mass is 19.4. The molecule has 1 saturated heterocycles. The highest BCUT2D eigenvalue weighted by Crippen LogP contribution is 2.32. The van der Waals surface area contributed by atoms with E-state index in [0.29, 0.717) is 36.8 Å². The first-order valence-electron chi connectivity index (χ1n) is 11.9. The number of carbonyl (C=O) groups is 1. The SMILES string of the molecule is Cc1cc(OCc2cc(CN3CCOCC3)cc(-c3ccc(C(F)(F)F)cc3)c2)ccc1OCC(=O)O. The first-order valence-corrected chi connectivity index (χ1v) is 11.9. The molecule has 3 aromatic carbocycles. The average molecular weight is 516 g/mol. The van der Waals surface area contributed by atoms with Crippen molar-refractivity contribution in [2.75, 3.05) is 32.9 Å². The molecule has 0 aliphatic carbocycles. The lowest BCUT2D eigenvalue weighted by Gasteiger charge is -2.27. The van der Waals surface area contributed by atoms with E-state index in [-0.39, 0.29) is 6.61 Å². The van der Waals surface area contributed by atoms with E-state index in [1.807, 2.05) is 18.2 Å². The Kier molecular flexibility index (Phi) is 8.35. The predicted octanol–water partition coefficient (Wildman–Crippen LogP) is 5.56. The third kappa shape index (κ3) is 7.47. The molecular formula is C28H28F3NO5. The topological polar surface area (TPSA) is 68.2 Å². The average Bonchev–Trinajstić information content (AvgIpc) is 2.87. The lowest BCUT2D eigenvalue weighted by molar-refractivity contribution is -0.139. The lowest BCUT2D eigenvalue weighted by atomic mass is 9.98. The molecule has 0 bridgehead atoms. The maximum absolute atomic E-state index is 13.0. The van der Waals surface area contributed by atoms with E-state index in [4.69, 9.17) is 19.3 Å². The van der Waals surface area contributed by atoms with Crippen molar-refractivity contribution in [1.29, 1.82) is 0 Å². The van der Waals surface area contributed by atoms with Gasteiger partial charge in [-0.05, 0) is 77.2 Å². The molecular weight excluding hydrogens is 487 g/mol. The summed E-state index contributed by atoms with van der Waals surface area (Å²) in [6.07, 6.45) is -4.39. The quantitative estimate of drug-likeness (QED) is 0.403. The van der Waals surface area contributed by atoms with Crippen molar-refractivity contribution in [3.63, 3.8) is 0 Å². The van der Waals surface area contributed by atoms with Gasteiger partial charge in [0.25, 0.3) is 0 Å². The second-order valence-electron chi connectivity index (χ2n) is 8.90. The van der Waals surface area contributed by atoms with Gasteiger partial charge in [-0.15, -0.1) is 0 Å². The summed E-state index contributed by atoms with van der Waals surface area (Å²) >= 11 is 0. The zero-order chi connectivity index (χ0) is 26.4. The van der Waals surface area contributed by atoms with Crippen LogP contribution in [0.15, 0.2) is 60.7 Å². The van der Waals surface area contributed by atoms with Crippen LogP contribution < -0.4 is 9.47 Å². The first kappa shape index (κ1) is 26.5. The van der Waals surface area contributed by atoms with Gasteiger partial charge in [0.1, 0.15) is 18.1 Å². The van der Waals surface area contributed by atoms with Crippen LogP contribution in [-0.2, 0) is 28.9 Å². The van der Waals surface area contributed by atoms with E-state index in [9.17, 15) is 18.0 Å². The number of hydrogen-bond donors (Lipinski definition) is 1. The van der Waals surface area contributed by atoms with E-state index >= 15 is 0 Å². The summed E-state index contributed by atoms with van der Waals surface area (Å²) in [5, 5.41) is 8.80. The third-order valence-electron chi connectivity index (χ3n) is 6.01. The molecule has 6 nitrogen and oxygen atoms in total. The van der Waals surface area contributed by atoms with E-state index in [2.05, 4.69) is 4.90 Å². The van der Waals surface area contributed by atoms with Crippen LogP contribution in [0.4, 0.5) is 13.2 Å². The molecule has 9 heteroatoms. The Morgan fingerprint density at radius 3 is 2.30 bits per heavy atom. The second kappa shape index (κ2) is 11.7. The number of morpholine rings is 1. The van der Waals surface area contributed by atoms with Crippen LogP contribution in [0, 0.1) is 6.92 Å². The highest BCUT2D eigenvalue weighted by Gasteiger charge is 2.30. The summed E-state index contributed by atoms with van der Waals surface area (Å²) in [5.74, 6) is 0.00206. The number of halogens is 3. The minimum absolute atomic E-state index is 0.249. The lowest BCUT2D eigenvalue weighted by Crippen LogP contribution is -2.35. The number of aliphatic carboxylic acids is 1. The minimum atomic E-state index is -4.39. The Labute approximate surface area is 213 Å². The van der Waals surface area contributed by atoms with E-state index < -0.39 is 24.3 Å². The predicted molar refractivity (Wildman–Crippen MR) is 132 cm³/mol. The molecule has 1 heterocycles. The molecule has 37 heavy (non-hydrogen) atoms. The zero-order valence-electron chi connectivity index (χ0n) is 20.4. The summed E-state index contributed by atoms with van der Waals surface area (Å²) in [5.41, 5.74) is 3.47. The van der Waals surface area contributed by atoms with Gasteiger partial charge in [0, 0.05) is 19.6 Å². The van der Waals surface area contributed by atoms with Gasteiger partial charge in [-0.1, -0.05) is 18.2 Å². The van der Waals surface area contributed by atoms with Crippen LogP contribution in [0.2, 0.25) is 0 Å². The molecule has 0 radical (unpaired) electrons. The Balaban J connectivity index is 1.54. The molecule has 1 fully saturated rings. The van der Waals surface area contributed by atoms with Crippen molar-refractivity contribution in [2.24, 2.45) is 0 Å². The Hall–Kier alpha value is -3.56. The summed E-state index contributed by atoms with van der Waals surface area (Å²) in [6.45, 7) is 5.27.